The summed E-state index contributed by atoms with van der Waals surface area (Å²) in [6.07, 6.45) is 2.66. The van der Waals surface area contributed by atoms with E-state index >= 15 is 0 Å². The van der Waals surface area contributed by atoms with Crippen molar-refractivity contribution in [3.63, 3.8) is 0 Å². The Morgan fingerprint density at radius 1 is 1.47 bits per heavy atom. The number of hydrogen-bond donors (Lipinski definition) is 0. The number of aryl methyl sites for hydroxylation is 1. The van der Waals surface area contributed by atoms with Crippen LogP contribution in [-0.4, -0.2) is 10.9 Å². The van der Waals surface area contributed by atoms with Crippen LogP contribution in [0.2, 0.25) is 0 Å². The van der Waals surface area contributed by atoms with E-state index in [9.17, 15) is 14.9 Å². The Bertz CT molecular complexity index is 466. The fraction of sp³-hybridized carbons (Fsp3) is 0.417. The average molecular weight is 235 g/mol. The Kier molecular flexibility index (Phi) is 3.08. The van der Waals surface area contributed by atoms with Crippen LogP contribution in [0.3, 0.4) is 0 Å². The quantitative estimate of drug-likeness (QED) is 0.349. The van der Waals surface area contributed by atoms with Crippen molar-refractivity contribution in [2.24, 2.45) is 5.92 Å². The maximum atomic E-state index is 11.6. The number of rotatable bonds is 3. The van der Waals surface area contributed by atoms with Crippen LogP contribution in [0.15, 0.2) is 18.2 Å². The van der Waals surface area contributed by atoms with Crippen molar-refractivity contribution in [3.05, 3.63) is 33.9 Å². The van der Waals surface area contributed by atoms with E-state index in [0.29, 0.717) is 0 Å². The first kappa shape index (κ1) is 11.6. The minimum Gasteiger partial charge on any atom is -0.419 e. The first-order chi connectivity index (χ1) is 8.08. The summed E-state index contributed by atoms with van der Waals surface area (Å²) in [6.45, 7) is 1.80. The summed E-state index contributed by atoms with van der Waals surface area (Å²) in [4.78, 5) is 21.9. The molecule has 1 aromatic carbocycles. The molecule has 1 fully saturated rings. The molecule has 1 aromatic rings. The van der Waals surface area contributed by atoms with Crippen molar-refractivity contribution in [2.75, 3.05) is 0 Å². The van der Waals surface area contributed by atoms with E-state index < -0.39 is 4.92 Å². The summed E-state index contributed by atoms with van der Waals surface area (Å²) in [5, 5.41) is 10.8. The first-order valence-electron chi connectivity index (χ1n) is 5.54. The molecule has 1 aliphatic rings. The fourth-order valence-electron chi connectivity index (χ4n) is 1.69. The summed E-state index contributed by atoms with van der Waals surface area (Å²) in [5.74, 6) is -0.396. The second-order valence-corrected chi connectivity index (χ2v) is 4.28. The lowest BCUT2D eigenvalue weighted by atomic mass is 9.86. The largest absolute Gasteiger partial charge is 0.419 e. The number of nitrogens with zero attached hydrogens (tertiary/aromatic N) is 1. The molecule has 0 heterocycles. The Morgan fingerprint density at radius 2 is 2.18 bits per heavy atom. The number of carbonyl (C=O) groups excluding carboxylic acids is 1. The Hall–Kier alpha value is -1.91. The smallest absolute Gasteiger partial charge is 0.314 e. The predicted octanol–water partition coefficient (Wildman–Crippen LogP) is 2.61. The van der Waals surface area contributed by atoms with Gasteiger partial charge in [-0.1, -0.05) is 12.5 Å². The highest BCUT2D eigenvalue weighted by atomic mass is 16.6. The van der Waals surface area contributed by atoms with Gasteiger partial charge in [0.05, 0.1) is 10.8 Å². The van der Waals surface area contributed by atoms with Gasteiger partial charge in [0.25, 0.3) is 0 Å². The van der Waals surface area contributed by atoms with Gasteiger partial charge < -0.3 is 4.74 Å². The lowest BCUT2D eigenvalue weighted by Crippen LogP contribution is -2.26. The molecular formula is C12H13NO4. The third-order valence-electron chi connectivity index (χ3n) is 2.96. The molecule has 0 bridgehead atoms. The normalized spacial score (nSPS) is 15.1. The fourth-order valence-corrected chi connectivity index (χ4v) is 1.69. The molecule has 0 saturated heterocycles. The van der Waals surface area contributed by atoms with Crippen molar-refractivity contribution in [3.8, 4) is 5.75 Å². The van der Waals surface area contributed by atoms with Crippen LogP contribution >= 0.6 is 0 Å². The van der Waals surface area contributed by atoms with Crippen LogP contribution in [0, 0.1) is 23.0 Å². The second-order valence-electron chi connectivity index (χ2n) is 4.28. The molecule has 90 valence electrons. The Morgan fingerprint density at radius 3 is 2.71 bits per heavy atom. The molecular weight excluding hydrogens is 222 g/mol. The van der Waals surface area contributed by atoms with Gasteiger partial charge in [-0.25, -0.2) is 0 Å². The highest BCUT2D eigenvalue weighted by molar-refractivity contribution is 5.77. The van der Waals surface area contributed by atoms with Gasteiger partial charge in [0.15, 0.2) is 0 Å². The van der Waals surface area contributed by atoms with E-state index in [4.69, 9.17) is 4.74 Å². The van der Waals surface area contributed by atoms with E-state index in [0.717, 1.165) is 24.8 Å². The van der Waals surface area contributed by atoms with Gasteiger partial charge in [-0.2, -0.15) is 0 Å². The molecule has 5 heteroatoms. The van der Waals surface area contributed by atoms with E-state index in [1.807, 2.05) is 0 Å². The lowest BCUT2D eigenvalue weighted by molar-refractivity contribution is -0.385. The summed E-state index contributed by atoms with van der Waals surface area (Å²) >= 11 is 0. The number of hydrogen-bond acceptors (Lipinski definition) is 4. The number of esters is 1. The van der Waals surface area contributed by atoms with Crippen molar-refractivity contribution < 1.29 is 14.5 Å². The van der Waals surface area contributed by atoms with Gasteiger partial charge in [-0.3, -0.25) is 14.9 Å². The van der Waals surface area contributed by atoms with Crippen molar-refractivity contribution in [2.45, 2.75) is 26.2 Å². The van der Waals surface area contributed by atoms with Crippen molar-refractivity contribution in [1.29, 1.82) is 0 Å². The number of nitro benzene ring substituents is 1. The second kappa shape index (κ2) is 4.53. The van der Waals surface area contributed by atoms with Gasteiger partial charge in [0.1, 0.15) is 0 Å². The topological polar surface area (TPSA) is 69.4 Å². The number of nitro groups is 1. The molecule has 0 atom stereocenters. The van der Waals surface area contributed by atoms with Gasteiger partial charge >= 0.3 is 11.7 Å². The molecule has 0 N–H and O–H groups in total. The molecule has 5 nitrogen and oxygen atoms in total. The van der Waals surface area contributed by atoms with E-state index in [1.165, 1.54) is 12.1 Å². The molecule has 0 aliphatic heterocycles. The van der Waals surface area contributed by atoms with E-state index in [2.05, 4.69) is 0 Å². The maximum Gasteiger partial charge on any atom is 0.314 e. The molecule has 2 rings (SSSR count). The zero-order valence-corrected chi connectivity index (χ0v) is 9.51. The van der Waals surface area contributed by atoms with Gasteiger partial charge in [-0.15, -0.1) is 0 Å². The number of benzene rings is 1. The Balaban J connectivity index is 2.20. The molecule has 0 amide bonds. The molecule has 17 heavy (non-hydrogen) atoms. The van der Waals surface area contributed by atoms with Gasteiger partial charge in [0, 0.05) is 6.07 Å². The minimum atomic E-state index is -0.539. The zero-order chi connectivity index (χ0) is 12.4. The van der Waals surface area contributed by atoms with Gasteiger partial charge in [-0.05, 0) is 31.4 Å². The third-order valence-corrected chi connectivity index (χ3v) is 2.96. The van der Waals surface area contributed by atoms with E-state index in [1.54, 1.807) is 13.0 Å². The zero-order valence-electron chi connectivity index (χ0n) is 9.51. The predicted molar refractivity (Wildman–Crippen MR) is 60.8 cm³/mol. The standard InChI is InChI=1S/C12H13NO4/c1-8-5-6-10(13(15)16)11(7-8)17-12(14)9-3-2-4-9/h5-7,9H,2-4H2,1H3. The molecule has 1 aliphatic carbocycles. The highest BCUT2D eigenvalue weighted by Crippen LogP contribution is 2.32. The van der Waals surface area contributed by atoms with Crippen LogP contribution in [0.1, 0.15) is 24.8 Å². The van der Waals surface area contributed by atoms with Crippen LogP contribution in [0.5, 0.6) is 5.75 Å². The summed E-state index contributed by atoms with van der Waals surface area (Å²) in [5.41, 5.74) is 0.662. The first-order valence-corrected chi connectivity index (χ1v) is 5.54. The van der Waals surface area contributed by atoms with Crippen molar-refractivity contribution in [1.82, 2.24) is 0 Å². The van der Waals surface area contributed by atoms with Crippen LogP contribution in [-0.2, 0) is 4.79 Å². The monoisotopic (exact) mass is 235 g/mol. The van der Waals surface area contributed by atoms with Crippen molar-refractivity contribution >= 4 is 11.7 Å². The summed E-state index contributed by atoms with van der Waals surface area (Å²) < 4.78 is 5.11. The van der Waals surface area contributed by atoms with Crippen LogP contribution in [0.25, 0.3) is 0 Å². The lowest BCUT2D eigenvalue weighted by Gasteiger charge is -2.22. The maximum absolute atomic E-state index is 11.6. The van der Waals surface area contributed by atoms with Crippen LogP contribution in [0.4, 0.5) is 5.69 Å². The highest BCUT2D eigenvalue weighted by Gasteiger charge is 2.29. The SMILES string of the molecule is Cc1ccc([N+](=O)[O-])c(OC(=O)C2CCC2)c1. The molecule has 0 unspecified atom stereocenters. The minimum absolute atomic E-state index is 0.0481. The third kappa shape index (κ3) is 2.43. The summed E-state index contributed by atoms with van der Waals surface area (Å²) in [7, 11) is 0. The van der Waals surface area contributed by atoms with Crippen LogP contribution < -0.4 is 4.74 Å². The number of carbonyl (C=O) groups is 1. The van der Waals surface area contributed by atoms with E-state index in [-0.39, 0.29) is 23.3 Å². The Labute approximate surface area is 98.5 Å². The average Bonchev–Trinajstić information content (AvgIpc) is 2.13. The summed E-state index contributed by atoms with van der Waals surface area (Å²) in [6, 6.07) is 4.51. The molecule has 0 aromatic heterocycles. The number of ether oxygens (including phenoxy) is 1. The molecule has 1 saturated carbocycles. The van der Waals surface area contributed by atoms with Gasteiger partial charge in [0.2, 0.25) is 5.75 Å². The molecule has 0 spiro atoms. The molecule has 0 radical (unpaired) electrons.